The van der Waals surface area contributed by atoms with E-state index in [1.807, 2.05) is 6.07 Å². The minimum atomic E-state index is -4.85. The molecule has 2 aromatic carbocycles. The average Bonchev–Trinajstić information content (AvgIpc) is 3.33. The molecule has 2 aromatic heterocycles. The maximum Gasteiger partial charge on any atom is 0.418 e. The Labute approximate surface area is 255 Å². The number of carbonyl (C=O) groups is 1. The highest BCUT2D eigenvalue weighted by atomic mass is 32.2. The van der Waals surface area contributed by atoms with Crippen LogP contribution in [-0.2, 0) is 11.0 Å². The van der Waals surface area contributed by atoms with Crippen LogP contribution in [0.2, 0.25) is 0 Å². The first-order valence-electron chi connectivity index (χ1n) is 13.2. The number of para-hydroxylation sites is 1. The lowest BCUT2D eigenvalue weighted by molar-refractivity contribution is -0.387. The van der Waals surface area contributed by atoms with Gasteiger partial charge in [-0.15, -0.1) is 11.3 Å². The SMILES string of the molecule is N#CC(C(=O)N1CCCCC1)=c1sc(=Cc2ccc(Sc3ncccn3)c([N+](=O)[O-])c2)c(=O)n1-c1ccccc1C(F)(F)F. The number of thiazole rings is 1. The molecule has 1 saturated heterocycles. The van der Waals surface area contributed by atoms with Crippen LogP contribution in [0, 0.1) is 21.4 Å². The first-order chi connectivity index (χ1) is 21.1. The number of nitro benzene ring substituents is 1. The third kappa shape index (κ3) is 6.41. The minimum Gasteiger partial charge on any atom is -0.338 e. The quantitative estimate of drug-likeness (QED) is 0.174. The van der Waals surface area contributed by atoms with Crippen molar-refractivity contribution >= 4 is 46.3 Å². The van der Waals surface area contributed by atoms with Gasteiger partial charge in [-0.25, -0.2) is 9.97 Å². The fraction of sp³-hybridized carbons (Fsp3) is 0.207. The fourth-order valence-corrected chi connectivity index (χ4v) is 6.55. The first-order valence-corrected chi connectivity index (χ1v) is 14.8. The van der Waals surface area contributed by atoms with Crippen molar-refractivity contribution < 1.29 is 22.9 Å². The van der Waals surface area contributed by atoms with Gasteiger partial charge in [-0.3, -0.25) is 24.3 Å². The topological polar surface area (TPSA) is 135 Å². The summed E-state index contributed by atoms with van der Waals surface area (Å²) in [5.74, 6) is -0.682. The van der Waals surface area contributed by atoms with E-state index >= 15 is 0 Å². The molecule has 10 nitrogen and oxygen atoms in total. The molecular weight excluding hydrogens is 617 g/mol. The van der Waals surface area contributed by atoms with Gasteiger partial charge in [0.15, 0.2) is 10.7 Å². The van der Waals surface area contributed by atoms with Crippen molar-refractivity contribution in [1.29, 1.82) is 5.26 Å². The number of halogens is 3. The van der Waals surface area contributed by atoms with Crippen molar-refractivity contribution in [3.05, 3.63) is 102 Å². The van der Waals surface area contributed by atoms with Gasteiger partial charge in [0.1, 0.15) is 10.7 Å². The van der Waals surface area contributed by atoms with Crippen LogP contribution >= 0.6 is 23.1 Å². The molecule has 1 aliphatic heterocycles. The number of hydrogen-bond donors (Lipinski definition) is 0. The summed E-state index contributed by atoms with van der Waals surface area (Å²) < 4.78 is 42.5. The first kappa shape index (κ1) is 30.6. The van der Waals surface area contributed by atoms with E-state index in [0.29, 0.717) is 37.3 Å². The molecule has 1 amide bonds. The zero-order chi connectivity index (χ0) is 31.4. The van der Waals surface area contributed by atoms with E-state index in [1.54, 1.807) is 6.07 Å². The lowest BCUT2D eigenvalue weighted by Crippen LogP contribution is -2.39. The second kappa shape index (κ2) is 12.8. The van der Waals surface area contributed by atoms with Gasteiger partial charge in [0.25, 0.3) is 17.2 Å². The normalized spacial score (nSPS) is 14.7. The molecule has 0 saturated carbocycles. The highest BCUT2D eigenvalue weighted by molar-refractivity contribution is 7.99. The molecule has 15 heteroatoms. The summed E-state index contributed by atoms with van der Waals surface area (Å²) in [6.07, 6.45) is 1.73. The highest BCUT2D eigenvalue weighted by Gasteiger charge is 2.35. The van der Waals surface area contributed by atoms with E-state index in [9.17, 15) is 38.1 Å². The van der Waals surface area contributed by atoms with Gasteiger partial charge in [-0.2, -0.15) is 18.4 Å². The molecular formula is C29H21F3N6O4S2. The summed E-state index contributed by atoms with van der Waals surface area (Å²) in [6, 6.07) is 12.0. The number of alkyl halides is 3. The van der Waals surface area contributed by atoms with Crippen LogP contribution in [0.25, 0.3) is 17.3 Å². The average molecular weight is 639 g/mol. The predicted octanol–water partition coefficient (Wildman–Crippen LogP) is 4.28. The molecule has 0 bridgehead atoms. The lowest BCUT2D eigenvalue weighted by atomic mass is 10.1. The van der Waals surface area contributed by atoms with Gasteiger partial charge in [0.2, 0.25) is 0 Å². The third-order valence-electron chi connectivity index (χ3n) is 6.68. The summed E-state index contributed by atoms with van der Waals surface area (Å²) in [6.45, 7) is 0.750. The zero-order valence-corrected chi connectivity index (χ0v) is 24.3. The van der Waals surface area contributed by atoms with Gasteiger partial charge in [0.05, 0.1) is 25.6 Å². The van der Waals surface area contributed by atoms with Gasteiger partial charge in [-0.1, -0.05) is 18.2 Å². The number of nitrogens with zero attached hydrogens (tertiary/aromatic N) is 6. The summed E-state index contributed by atoms with van der Waals surface area (Å²) in [5.41, 5.74) is -3.16. The molecule has 0 spiro atoms. The van der Waals surface area contributed by atoms with Crippen LogP contribution < -0.4 is 14.8 Å². The molecule has 0 unspecified atom stereocenters. The van der Waals surface area contributed by atoms with E-state index < -0.39 is 39.4 Å². The maximum absolute atomic E-state index is 14.1. The summed E-state index contributed by atoms with van der Waals surface area (Å²) in [7, 11) is 0. The molecule has 4 aromatic rings. The van der Waals surface area contributed by atoms with Gasteiger partial charge >= 0.3 is 6.18 Å². The van der Waals surface area contributed by atoms with Crippen molar-refractivity contribution in [2.24, 2.45) is 0 Å². The van der Waals surface area contributed by atoms with Crippen molar-refractivity contribution in [2.45, 2.75) is 35.5 Å². The third-order valence-corrected chi connectivity index (χ3v) is 8.73. The Bertz CT molecular complexity index is 1960. The number of hydrogen-bond acceptors (Lipinski definition) is 9. The molecule has 3 heterocycles. The molecule has 0 N–H and O–H groups in total. The summed E-state index contributed by atoms with van der Waals surface area (Å²) in [5, 5.41) is 22.2. The largest absolute Gasteiger partial charge is 0.418 e. The minimum absolute atomic E-state index is 0.128. The van der Waals surface area contributed by atoms with E-state index in [-0.39, 0.29) is 30.5 Å². The van der Waals surface area contributed by atoms with Gasteiger partial charge in [0, 0.05) is 31.5 Å². The number of amides is 1. The number of benzene rings is 2. The van der Waals surface area contributed by atoms with Crippen LogP contribution in [0.5, 0.6) is 0 Å². The number of piperidine rings is 1. The Morgan fingerprint density at radius 1 is 1.09 bits per heavy atom. The second-order valence-corrected chi connectivity index (χ2v) is 11.6. The maximum atomic E-state index is 14.1. The van der Waals surface area contributed by atoms with Crippen LogP contribution in [0.4, 0.5) is 18.9 Å². The van der Waals surface area contributed by atoms with Crippen LogP contribution in [0.15, 0.2) is 75.8 Å². The number of carbonyl (C=O) groups excluding carboxylic acids is 1. The molecule has 44 heavy (non-hydrogen) atoms. The summed E-state index contributed by atoms with van der Waals surface area (Å²) in [4.78, 5) is 48.3. The van der Waals surface area contributed by atoms with Crippen molar-refractivity contribution in [3.63, 3.8) is 0 Å². The Kier molecular flexibility index (Phi) is 8.93. The molecule has 1 aliphatic rings. The lowest BCUT2D eigenvalue weighted by Gasteiger charge is -2.26. The van der Waals surface area contributed by atoms with Crippen LogP contribution in [-0.4, -0.2) is 43.4 Å². The molecule has 5 rings (SSSR count). The predicted molar refractivity (Wildman–Crippen MR) is 156 cm³/mol. The molecule has 1 fully saturated rings. The van der Waals surface area contributed by atoms with Gasteiger partial charge < -0.3 is 4.90 Å². The van der Waals surface area contributed by atoms with E-state index in [1.165, 1.54) is 53.7 Å². The fourth-order valence-electron chi connectivity index (χ4n) is 4.66. The van der Waals surface area contributed by atoms with Crippen LogP contribution in [0.3, 0.4) is 0 Å². The Morgan fingerprint density at radius 3 is 2.45 bits per heavy atom. The number of rotatable bonds is 6. The van der Waals surface area contributed by atoms with Crippen molar-refractivity contribution in [3.8, 4) is 11.8 Å². The Morgan fingerprint density at radius 2 is 1.80 bits per heavy atom. The molecule has 0 aliphatic carbocycles. The molecule has 224 valence electrons. The van der Waals surface area contributed by atoms with Crippen molar-refractivity contribution in [2.75, 3.05) is 13.1 Å². The van der Waals surface area contributed by atoms with Crippen molar-refractivity contribution in [1.82, 2.24) is 19.4 Å². The molecule has 0 atom stereocenters. The smallest absolute Gasteiger partial charge is 0.338 e. The zero-order valence-electron chi connectivity index (χ0n) is 22.7. The Balaban J connectivity index is 1.74. The highest BCUT2D eigenvalue weighted by Crippen LogP contribution is 2.34. The van der Waals surface area contributed by atoms with E-state index in [2.05, 4.69) is 9.97 Å². The number of nitriles is 1. The summed E-state index contributed by atoms with van der Waals surface area (Å²) >= 11 is 1.63. The number of aromatic nitrogens is 3. The second-order valence-electron chi connectivity index (χ2n) is 9.53. The monoisotopic (exact) mass is 638 g/mol. The standard InChI is InChI=1S/C29H21F3N6O4S2/c30-29(31,32)20-7-2-3-8-21(20)37-26(40)24(43-27(37)19(17-33)25(39)36-13-4-1-5-14-36)16-18-9-10-23(22(15-18)38(41)42)44-28-34-11-6-12-35-28/h2-3,6-12,15-16H,1,4-5,13-14H2. The molecule has 0 radical (unpaired) electrons. The van der Waals surface area contributed by atoms with Crippen LogP contribution in [0.1, 0.15) is 30.4 Å². The van der Waals surface area contributed by atoms with E-state index in [4.69, 9.17) is 0 Å². The van der Waals surface area contributed by atoms with Gasteiger partial charge in [-0.05, 0) is 66.9 Å². The number of likely N-dealkylation sites (tertiary alicyclic amines) is 1. The number of nitro groups is 1. The Hall–Kier alpha value is -4.81. The van der Waals surface area contributed by atoms with E-state index in [0.717, 1.165) is 34.9 Å².